The van der Waals surface area contributed by atoms with E-state index in [0.29, 0.717) is 18.3 Å². The molecule has 0 radical (unpaired) electrons. The summed E-state index contributed by atoms with van der Waals surface area (Å²) in [5, 5.41) is 3.29. The van der Waals surface area contributed by atoms with Gasteiger partial charge in [0.1, 0.15) is 11.2 Å². The van der Waals surface area contributed by atoms with Crippen LogP contribution in [0.4, 0.5) is 5.69 Å². The number of rotatable bonds is 4. The Labute approximate surface area is 108 Å². The Morgan fingerprint density at radius 1 is 1.33 bits per heavy atom. The van der Waals surface area contributed by atoms with E-state index < -0.39 is 10.0 Å². The van der Waals surface area contributed by atoms with E-state index in [1.54, 1.807) is 18.2 Å². The van der Waals surface area contributed by atoms with Crippen LogP contribution >= 0.6 is 0 Å². The summed E-state index contributed by atoms with van der Waals surface area (Å²) in [6, 6.07) is 7.33. The average molecular weight is 267 g/mol. The Morgan fingerprint density at radius 2 is 2.06 bits per heavy atom. The van der Waals surface area contributed by atoms with E-state index >= 15 is 0 Å². The number of anilines is 1. The fourth-order valence-corrected chi connectivity index (χ4v) is 2.85. The summed E-state index contributed by atoms with van der Waals surface area (Å²) >= 11 is 0. The molecule has 0 saturated heterocycles. The SMILES string of the molecule is CC(C)NCCN1C=NS(=O)(=O)c2ccccc21. The molecule has 0 unspecified atom stereocenters. The Morgan fingerprint density at radius 3 is 2.78 bits per heavy atom. The van der Waals surface area contributed by atoms with Gasteiger partial charge in [-0.2, -0.15) is 8.42 Å². The van der Waals surface area contributed by atoms with Crippen LogP contribution in [0.15, 0.2) is 33.6 Å². The summed E-state index contributed by atoms with van der Waals surface area (Å²) in [4.78, 5) is 2.13. The summed E-state index contributed by atoms with van der Waals surface area (Å²) in [5.41, 5.74) is 0.693. The van der Waals surface area contributed by atoms with Gasteiger partial charge in [0.25, 0.3) is 10.0 Å². The molecule has 0 saturated carbocycles. The van der Waals surface area contributed by atoms with Crippen LogP contribution in [0, 0.1) is 0 Å². The van der Waals surface area contributed by atoms with Gasteiger partial charge in [-0.1, -0.05) is 26.0 Å². The largest absolute Gasteiger partial charge is 0.329 e. The van der Waals surface area contributed by atoms with E-state index in [1.165, 1.54) is 6.34 Å². The molecular formula is C12H17N3O2S. The second-order valence-electron chi connectivity index (χ2n) is 4.47. The van der Waals surface area contributed by atoms with Crippen molar-refractivity contribution in [2.24, 2.45) is 4.40 Å². The second kappa shape index (κ2) is 5.07. The summed E-state index contributed by atoms with van der Waals surface area (Å²) < 4.78 is 27.1. The molecule has 0 aromatic heterocycles. The zero-order chi connectivity index (χ0) is 13.2. The van der Waals surface area contributed by atoms with E-state index in [9.17, 15) is 8.42 Å². The number of fused-ring (bicyclic) bond motifs is 1. The fourth-order valence-electron chi connectivity index (χ4n) is 1.80. The minimum absolute atomic E-state index is 0.275. The first kappa shape index (κ1) is 13.0. The van der Waals surface area contributed by atoms with Gasteiger partial charge >= 0.3 is 0 Å². The van der Waals surface area contributed by atoms with Crippen molar-refractivity contribution in [3.8, 4) is 0 Å². The number of hydrogen-bond donors (Lipinski definition) is 1. The second-order valence-corrected chi connectivity index (χ2v) is 6.07. The van der Waals surface area contributed by atoms with Crippen LogP contribution in [0.5, 0.6) is 0 Å². The van der Waals surface area contributed by atoms with Crippen molar-refractivity contribution in [2.75, 3.05) is 18.0 Å². The van der Waals surface area contributed by atoms with Crippen LogP contribution in [-0.2, 0) is 10.0 Å². The summed E-state index contributed by atoms with van der Waals surface area (Å²) in [7, 11) is -3.51. The molecule has 0 amide bonds. The van der Waals surface area contributed by atoms with Crippen LogP contribution in [0.1, 0.15) is 13.8 Å². The first-order valence-corrected chi connectivity index (χ1v) is 7.34. The topological polar surface area (TPSA) is 61.8 Å². The van der Waals surface area contributed by atoms with Crippen molar-refractivity contribution < 1.29 is 8.42 Å². The van der Waals surface area contributed by atoms with Crippen LogP contribution < -0.4 is 10.2 Å². The van der Waals surface area contributed by atoms with Crippen LogP contribution in [-0.4, -0.2) is 33.9 Å². The van der Waals surface area contributed by atoms with Crippen molar-refractivity contribution in [3.05, 3.63) is 24.3 Å². The van der Waals surface area contributed by atoms with E-state index in [0.717, 1.165) is 6.54 Å². The van der Waals surface area contributed by atoms with Gasteiger partial charge in [0, 0.05) is 19.1 Å². The monoisotopic (exact) mass is 267 g/mol. The summed E-state index contributed by atoms with van der Waals surface area (Å²) in [6.07, 6.45) is 1.39. The molecular weight excluding hydrogens is 250 g/mol. The molecule has 5 nitrogen and oxygen atoms in total. The summed E-state index contributed by atoms with van der Waals surface area (Å²) in [6.45, 7) is 5.61. The van der Waals surface area contributed by atoms with Gasteiger partial charge in [-0.05, 0) is 12.1 Å². The highest BCUT2D eigenvalue weighted by Crippen LogP contribution is 2.28. The number of benzene rings is 1. The van der Waals surface area contributed by atoms with E-state index in [1.807, 2.05) is 11.0 Å². The summed E-state index contributed by atoms with van der Waals surface area (Å²) in [5.74, 6) is 0. The minimum atomic E-state index is -3.51. The number of para-hydroxylation sites is 1. The lowest BCUT2D eigenvalue weighted by molar-refractivity contribution is 0.589. The van der Waals surface area contributed by atoms with Crippen molar-refractivity contribution in [1.82, 2.24) is 5.32 Å². The van der Waals surface area contributed by atoms with Crippen molar-refractivity contribution in [1.29, 1.82) is 0 Å². The van der Waals surface area contributed by atoms with E-state index in [2.05, 4.69) is 23.6 Å². The van der Waals surface area contributed by atoms with Crippen molar-refractivity contribution in [2.45, 2.75) is 24.8 Å². The Hall–Kier alpha value is -1.40. The fraction of sp³-hybridized carbons (Fsp3) is 0.417. The van der Waals surface area contributed by atoms with Gasteiger partial charge in [0.15, 0.2) is 0 Å². The highest BCUT2D eigenvalue weighted by Gasteiger charge is 2.24. The highest BCUT2D eigenvalue weighted by molar-refractivity contribution is 7.90. The minimum Gasteiger partial charge on any atom is -0.329 e. The van der Waals surface area contributed by atoms with E-state index in [-0.39, 0.29) is 4.90 Å². The van der Waals surface area contributed by atoms with Gasteiger partial charge in [-0.15, -0.1) is 4.40 Å². The lowest BCUT2D eigenvalue weighted by Gasteiger charge is -2.25. The zero-order valence-corrected chi connectivity index (χ0v) is 11.3. The third kappa shape index (κ3) is 2.70. The lowest BCUT2D eigenvalue weighted by Crippen LogP contribution is -2.36. The molecule has 1 aliphatic rings. The molecule has 0 aliphatic carbocycles. The normalized spacial score (nSPS) is 16.9. The molecule has 2 rings (SSSR count). The molecule has 0 fully saturated rings. The first-order chi connectivity index (χ1) is 8.50. The van der Waals surface area contributed by atoms with Gasteiger partial charge in [-0.3, -0.25) is 0 Å². The van der Waals surface area contributed by atoms with E-state index in [4.69, 9.17) is 0 Å². The quantitative estimate of drug-likeness (QED) is 0.891. The van der Waals surface area contributed by atoms with Crippen LogP contribution in [0.3, 0.4) is 0 Å². The molecule has 0 bridgehead atoms. The molecule has 98 valence electrons. The Balaban J connectivity index is 2.20. The maximum atomic E-state index is 11.8. The van der Waals surface area contributed by atoms with Gasteiger partial charge in [0.2, 0.25) is 0 Å². The lowest BCUT2D eigenvalue weighted by atomic mass is 10.3. The number of sulfonamides is 1. The smallest absolute Gasteiger partial charge is 0.285 e. The zero-order valence-electron chi connectivity index (χ0n) is 10.5. The van der Waals surface area contributed by atoms with Gasteiger partial charge in [-0.25, -0.2) is 0 Å². The molecule has 1 aromatic carbocycles. The molecule has 6 heteroatoms. The maximum Gasteiger partial charge on any atom is 0.285 e. The third-order valence-electron chi connectivity index (χ3n) is 2.68. The highest BCUT2D eigenvalue weighted by atomic mass is 32.2. The van der Waals surface area contributed by atoms with Crippen LogP contribution in [0.25, 0.3) is 0 Å². The Kier molecular flexibility index (Phi) is 3.68. The van der Waals surface area contributed by atoms with Crippen molar-refractivity contribution >= 4 is 22.0 Å². The standard InChI is InChI=1S/C12H17N3O2S/c1-10(2)13-7-8-15-9-14-18(16,17)12-6-4-3-5-11(12)15/h3-6,9-10,13H,7-8H2,1-2H3. The van der Waals surface area contributed by atoms with Crippen LogP contribution in [0.2, 0.25) is 0 Å². The third-order valence-corrected chi connectivity index (χ3v) is 3.96. The molecule has 1 N–H and O–H groups in total. The number of nitrogens with zero attached hydrogens (tertiary/aromatic N) is 2. The maximum absolute atomic E-state index is 11.8. The Bertz CT molecular complexity index is 552. The van der Waals surface area contributed by atoms with Gasteiger partial charge in [0.05, 0.1) is 5.69 Å². The van der Waals surface area contributed by atoms with Gasteiger partial charge < -0.3 is 10.2 Å². The molecule has 1 aliphatic heterocycles. The molecule has 0 atom stereocenters. The predicted molar refractivity (Wildman–Crippen MR) is 72.6 cm³/mol. The predicted octanol–water partition coefficient (Wildman–Crippen LogP) is 1.22. The average Bonchev–Trinajstić information content (AvgIpc) is 2.32. The molecule has 18 heavy (non-hydrogen) atoms. The molecule has 1 heterocycles. The number of hydrogen-bond acceptors (Lipinski definition) is 4. The first-order valence-electron chi connectivity index (χ1n) is 5.90. The number of nitrogens with one attached hydrogen (secondary N) is 1. The molecule has 0 spiro atoms. The van der Waals surface area contributed by atoms with Crippen molar-refractivity contribution in [3.63, 3.8) is 0 Å². The molecule has 1 aromatic rings.